The van der Waals surface area contributed by atoms with Crippen LogP contribution in [0, 0.1) is 13.8 Å². The average molecular weight is 425 g/mol. The number of sulfonamides is 1. The van der Waals surface area contributed by atoms with Crippen molar-refractivity contribution in [2.24, 2.45) is 0 Å². The van der Waals surface area contributed by atoms with Crippen LogP contribution in [-0.2, 0) is 19.6 Å². The molecule has 2 amide bonds. The number of anilines is 2. The number of benzene rings is 1. The molecule has 1 fully saturated rings. The number of amides is 2. The molecule has 1 aromatic heterocycles. The van der Waals surface area contributed by atoms with E-state index in [1.54, 1.807) is 13.8 Å². The van der Waals surface area contributed by atoms with Crippen LogP contribution in [0.4, 0.5) is 11.6 Å². The van der Waals surface area contributed by atoms with Crippen LogP contribution in [0.1, 0.15) is 17.7 Å². The molecule has 0 radical (unpaired) electrons. The Morgan fingerprint density at radius 2 is 2.00 bits per heavy atom. The van der Waals surface area contributed by atoms with Crippen LogP contribution in [0.2, 0.25) is 0 Å². The van der Waals surface area contributed by atoms with Gasteiger partial charge in [-0.25, -0.2) is 13.1 Å². The summed E-state index contributed by atoms with van der Waals surface area (Å²) >= 11 is 1.53. The lowest BCUT2D eigenvalue weighted by Crippen LogP contribution is -2.44. The van der Waals surface area contributed by atoms with E-state index in [0.717, 1.165) is 0 Å². The van der Waals surface area contributed by atoms with Gasteiger partial charge in [-0.3, -0.25) is 9.59 Å². The summed E-state index contributed by atoms with van der Waals surface area (Å²) in [7, 11) is -3.86. The Balaban J connectivity index is 1.68. The van der Waals surface area contributed by atoms with E-state index in [2.05, 4.69) is 20.5 Å². The van der Waals surface area contributed by atoms with Crippen molar-refractivity contribution in [1.29, 1.82) is 0 Å². The number of carbonyl (C=O) groups is 2. The van der Waals surface area contributed by atoms with Crippen LogP contribution < -0.4 is 15.4 Å². The van der Waals surface area contributed by atoms with Crippen LogP contribution in [0.25, 0.3) is 0 Å². The SMILES string of the molecule is Cc1noc(NS(=O)(=O)c2ccc(NC(=O)[C@@H]3CSCCC(=O)N3)cc2)c1C. The van der Waals surface area contributed by atoms with Gasteiger partial charge in [0, 0.05) is 29.2 Å². The van der Waals surface area contributed by atoms with Crippen LogP contribution in [0.5, 0.6) is 0 Å². The zero-order valence-corrected chi connectivity index (χ0v) is 16.9. The average Bonchev–Trinajstić information content (AvgIpc) is 2.85. The normalized spacial score (nSPS) is 17.5. The second-order valence-electron chi connectivity index (χ2n) is 6.29. The monoisotopic (exact) mass is 424 g/mol. The van der Waals surface area contributed by atoms with E-state index in [-0.39, 0.29) is 22.6 Å². The van der Waals surface area contributed by atoms with E-state index >= 15 is 0 Å². The van der Waals surface area contributed by atoms with Gasteiger partial charge in [0.05, 0.1) is 10.6 Å². The minimum absolute atomic E-state index is 0.0114. The molecule has 9 nitrogen and oxygen atoms in total. The third-order valence-corrected chi connectivity index (χ3v) is 6.63. The number of carbonyl (C=O) groups excluding carboxylic acids is 2. The van der Waals surface area contributed by atoms with E-state index in [1.807, 2.05) is 0 Å². The van der Waals surface area contributed by atoms with Crippen molar-refractivity contribution in [3.05, 3.63) is 35.5 Å². The summed E-state index contributed by atoms with van der Waals surface area (Å²) in [5.74, 6) is 0.736. The van der Waals surface area contributed by atoms with Crippen LogP contribution >= 0.6 is 11.8 Å². The van der Waals surface area contributed by atoms with Crippen molar-refractivity contribution in [3.63, 3.8) is 0 Å². The van der Waals surface area contributed by atoms with Crippen LogP contribution in [0.3, 0.4) is 0 Å². The van der Waals surface area contributed by atoms with Gasteiger partial charge in [0.1, 0.15) is 6.04 Å². The fraction of sp³-hybridized carbons (Fsp3) is 0.353. The number of aryl methyl sites for hydroxylation is 1. The van der Waals surface area contributed by atoms with Gasteiger partial charge < -0.3 is 15.2 Å². The van der Waals surface area contributed by atoms with Gasteiger partial charge in [-0.15, -0.1) is 0 Å². The summed E-state index contributed by atoms with van der Waals surface area (Å²) in [4.78, 5) is 23.9. The smallest absolute Gasteiger partial charge is 0.264 e. The van der Waals surface area contributed by atoms with E-state index in [0.29, 0.717) is 34.9 Å². The van der Waals surface area contributed by atoms with Crippen molar-refractivity contribution < 1.29 is 22.5 Å². The third-order valence-electron chi connectivity index (χ3n) is 4.23. The van der Waals surface area contributed by atoms with Crippen molar-refractivity contribution in [3.8, 4) is 0 Å². The molecule has 28 heavy (non-hydrogen) atoms. The van der Waals surface area contributed by atoms with Gasteiger partial charge >= 0.3 is 0 Å². The Morgan fingerprint density at radius 3 is 2.64 bits per heavy atom. The molecule has 0 bridgehead atoms. The molecule has 3 rings (SSSR count). The molecular formula is C17H20N4O5S2. The summed E-state index contributed by atoms with van der Waals surface area (Å²) in [6.07, 6.45) is 0.387. The van der Waals surface area contributed by atoms with Gasteiger partial charge in [-0.05, 0) is 38.1 Å². The molecule has 150 valence electrons. The number of rotatable bonds is 5. The topological polar surface area (TPSA) is 130 Å². The Bertz CT molecular complexity index is 985. The standard InChI is InChI=1S/C17H20N4O5S2/c1-10-11(2)20-26-17(10)21-28(24,25)13-5-3-12(4-6-13)18-16(23)14-9-27-8-7-15(22)19-14/h3-6,14,21H,7-9H2,1-2H3,(H,18,23)(H,19,22)/t14-/m0/s1. The van der Waals surface area contributed by atoms with Crippen molar-refractivity contribution in [2.45, 2.75) is 31.2 Å². The lowest BCUT2D eigenvalue weighted by molar-refractivity contribution is -0.125. The highest BCUT2D eigenvalue weighted by atomic mass is 32.2. The number of nitrogens with one attached hydrogen (secondary N) is 3. The van der Waals surface area contributed by atoms with Gasteiger partial charge in [0.25, 0.3) is 10.0 Å². The lowest BCUT2D eigenvalue weighted by Gasteiger charge is -2.15. The summed E-state index contributed by atoms with van der Waals surface area (Å²) in [6, 6.07) is 5.09. The number of hydrogen-bond donors (Lipinski definition) is 3. The van der Waals surface area contributed by atoms with E-state index < -0.39 is 16.1 Å². The highest BCUT2D eigenvalue weighted by Gasteiger charge is 2.24. The molecule has 3 N–H and O–H groups in total. The fourth-order valence-electron chi connectivity index (χ4n) is 2.45. The van der Waals surface area contributed by atoms with E-state index in [4.69, 9.17) is 4.52 Å². The number of nitrogens with zero attached hydrogens (tertiary/aromatic N) is 1. The van der Waals surface area contributed by atoms with Crippen molar-refractivity contribution >= 4 is 45.2 Å². The largest absolute Gasteiger partial charge is 0.343 e. The molecule has 1 saturated heterocycles. The summed E-state index contributed by atoms with van der Waals surface area (Å²) in [6.45, 7) is 3.41. The highest BCUT2D eigenvalue weighted by molar-refractivity contribution is 7.99. The number of aromatic nitrogens is 1. The molecule has 0 aliphatic carbocycles. The molecule has 1 aliphatic heterocycles. The molecule has 11 heteroatoms. The Morgan fingerprint density at radius 1 is 1.29 bits per heavy atom. The lowest BCUT2D eigenvalue weighted by atomic mass is 10.2. The molecule has 0 saturated carbocycles. The molecule has 0 spiro atoms. The van der Waals surface area contributed by atoms with Gasteiger partial charge in [0.2, 0.25) is 17.7 Å². The zero-order valence-electron chi connectivity index (χ0n) is 15.3. The maximum absolute atomic E-state index is 12.5. The summed E-state index contributed by atoms with van der Waals surface area (Å²) in [5, 5.41) is 9.08. The fourth-order valence-corrected chi connectivity index (χ4v) is 4.47. The minimum atomic E-state index is -3.86. The molecule has 2 heterocycles. The second-order valence-corrected chi connectivity index (χ2v) is 9.12. The predicted octanol–water partition coefficient (Wildman–Crippen LogP) is 1.65. The zero-order chi connectivity index (χ0) is 20.3. The van der Waals surface area contributed by atoms with E-state index in [1.165, 1.54) is 36.0 Å². The quantitative estimate of drug-likeness (QED) is 0.665. The van der Waals surface area contributed by atoms with Crippen LogP contribution in [0.15, 0.2) is 33.7 Å². The molecule has 0 unspecified atom stereocenters. The van der Waals surface area contributed by atoms with E-state index in [9.17, 15) is 18.0 Å². The number of hydrogen-bond acceptors (Lipinski definition) is 7. The predicted molar refractivity (Wildman–Crippen MR) is 106 cm³/mol. The first-order valence-corrected chi connectivity index (χ1v) is 11.1. The van der Waals surface area contributed by atoms with Crippen LogP contribution in [-0.4, -0.2) is 42.9 Å². The first-order valence-electron chi connectivity index (χ1n) is 8.50. The Hall–Kier alpha value is -2.53. The Kier molecular flexibility index (Phi) is 5.94. The first kappa shape index (κ1) is 20.2. The summed E-state index contributed by atoms with van der Waals surface area (Å²) in [5.41, 5.74) is 1.63. The highest BCUT2D eigenvalue weighted by Crippen LogP contribution is 2.22. The van der Waals surface area contributed by atoms with Gasteiger partial charge in [-0.1, -0.05) is 5.16 Å². The van der Waals surface area contributed by atoms with Crippen molar-refractivity contribution in [2.75, 3.05) is 21.5 Å². The molecule has 1 aromatic carbocycles. The first-order chi connectivity index (χ1) is 13.3. The summed E-state index contributed by atoms with van der Waals surface area (Å²) < 4.78 is 32.3. The molecule has 1 aliphatic rings. The second kappa shape index (κ2) is 8.23. The minimum Gasteiger partial charge on any atom is -0.343 e. The Labute approximate surface area is 166 Å². The molecule has 2 aromatic rings. The van der Waals surface area contributed by atoms with Gasteiger partial charge in [0.15, 0.2) is 0 Å². The van der Waals surface area contributed by atoms with Gasteiger partial charge in [-0.2, -0.15) is 11.8 Å². The maximum atomic E-state index is 12.5. The number of thioether (sulfide) groups is 1. The third kappa shape index (κ3) is 4.65. The molecular weight excluding hydrogens is 404 g/mol. The molecule has 1 atom stereocenters. The van der Waals surface area contributed by atoms with Crippen molar-refractivity contribution in [1.82, 2.24) is 10.5 Å². The maximum Gasteiger partial charge on any atom is 0.264 e.